The molecule has 0 saturated heterocycles. The maximum atomic E-state index is 13.4. The van der Waals surface area contributed by atoms with Crippen LogP contribution in [0.4, 0.5) is 15.8 Å². The van der Waals surface area contributed by atoms with Gasteiger partial charge in [-0.2, -0.15) is 0 Å². The Balaban J connectivity index is 1.55. The zero-order chi connectivity index (χ0) is 21.8. The van der Waals surface area contributed by atoms with E-state index in [0.717, 1.165) is 10.7 Å². The second kappa shape index (κ2) is 9.20. The monoisotopic (exact) mass is 451 g/mol. The summed E-state index contributed by atoms with van der Waals surface area (Å²) in [6.45, 7) is 2.17. The molecule has 0 atom stereocenters. The largest absolute Gasteiger partial charge is 0.321 e. The molecule has 0 saturated carbocycles. The summed E-state index contributed by atoms with van der Waals surface area (Å²) in [4.78, 5) is 32.1. The predicted molar refractivity (Wildman–Crippen MR) is 122 cm³/mol. The molecule has 4 rings (SSSR count). The van der Waals surface area contributed by atoms with E-state index in [-0.39, 0.29) is 24.2 Å². The molecule has 0 aliphatic rings. The Kier molecular flexibility index (Phi) is 6.20. The number of carbonyl (C=O) groups is 2. The van der Waals surface area contributed by atoms with Gasteiger partial charge in [-0.25, -0.2) is 9.37 Å². The van der Waals surface area contributed by atoms with Gasteiger partial charge in [0.1, 0.15) is 5.82 Å². The van der Waals surface area contributed by atoms with Crippen molar-refractivity contribution in [2.45, 2.75) is 13.5 Å². The third-order valence-corrected chi connectivity index (χ3v) is 6.20. The molecule has 2 aromatic carbocycles. The molecule has 31 heavy (non-hydrogen) atoms. The van der Waals surface area contributed by atoms with Crippen LogP contribution in [-0.4, -0.2) is 16.8 Å². The summed E-state index contributed by atoms with van der Waals surface area (Å²) in [6.07, 6.45) is 0. The van der Waals surface area contributed by atoms with E-state index in [1.165, 1.54) is 34.8 Å². The van der Waals surface area contributed by atoms with Crippen molar-refractivity contribution < 1.29 is 14.0 Å². The number of hydrogen-bond acceptors (Lipinski definition) is 5. The Bertz CT molecular complexity index is 1190. The third-order valence-electron chi connectivity index (χ3n) is 4.50. The summed E-state index contributed by atoms with van der Waals surface area (Å²) in [7, 11) is 0. The number of aryl methyl sites for hydroxylation is 1. The van der Waals surface area contributed by atoms with E-state index in [2.05, 4.69) is 10.3 Å². The van der Waals surface area contributed by atoms with E-state index in [4.69, 9.17) is 0 Å². The van der Waals surface area contributed by atoms with Crippen LogP contribution >= 0.6 is 22.7 Å². The molecule has 156 valence electrons. The minimum absolute atomic E-state index is 0.194. The first kappa shape index (κ1) is 20.9. The second-order valence-electron chi connectivity index (χ2n) is 6.73. The number of nitrogens with zero attached hydrogens (tertiary/aromatic N) is 2. The number of thiophene rings is 1. The average molecular weight is 452 g/mol. The number of amides is 2. The van der Waals surface area contributed by atoms with Crippen molar-refractivity contribution >= 4 is 45.9 Å². The first-order valence-electron chi connectivity index (χ1n) is 9.43. The van der Waals surface area contributed by atoms with E-state index in [0.29, 0.717) is 21.8 Å². The second-order valence-corrected chi connectivity index (χ2v) is 8.74. The minimum Gasteiger partial charge on any atom is -0.321 e. The normalized spacial score (nSPS) is 10.6. The van der Waals surface area contributed by atoms with E-state index in [1.54, 1.807) is 47.4 Å². The zero-order valence-electron chi connectivity index (χ0n) is 16.5. The Morgan fingerprint density at radius 3 is 2.39 bits per heavy atom. The van der Waals surface area contributed by atoms with Gasteiger partial charge in [-0.3, -0.25) is 9.59 Å². The summed E-state index contributed by atoms with van der Waals surface area (Å²) in [6, 6.07) is 16.1. The van der Waals surface area contributed by atoms with Crippen molar-refractivity contribution in [3.63, 3.8) is 0 Å². The van der Waals surface area contributed by atoms with Gasteiger partial charge in [-0.1, -0.05) is 6.07 Å². The molecular formula is C23H18FN3O2S2. The lowest BCUT2D eigenvalue weighted by Crippen LogP contribution is -2.30. The average Bonchev–Trinajstić information content (AvgIpc) is 3.45. The molecule has 0 fully saturated rings. The number of halogens is 1. The van der Waals surface area contributed by atoms with Gasteiger partial charge in [0.05, 0.1) is 22.1 Å². The quantitative estimate of drug-likeness (QED) is 0.406. The van der Waals surface area contributed by atoms with Crippen LogP contribution in [0.25, 0.3) is 0 Å². The van der Waals surface area contributed by atoms with Crippen LogP contribution in [0.3, 0.4) is 0 Å². The molecule has 8 heteroatoms. The van der Waals surface area contributed by atoms with Crippen molar-refractivity contribution in [2.75, 3.05) is 10.2 Å². The molecule has 0 aliphatic carbocycles. The molecule has 2 amide bonds. The molecule has 5 nitrogen and oxygen atoms in total. The van der Waals surface area contributed by atoms with Gasteiger partial charge >= 0.3 is 0 Å². The standard InChI is InChI=1S/C23H18FN3O2S2/c1-15-25-19(14-31-15)13-27(20-10-6-17(24)7-11-20)23(29)16-4-8-18(9-5-16)26-22(28)21-3-2-12-30-21/h2-12,14H,13H2,1H3,(H,26,28). The number of hydrogen-bond donors (Lipinski definition) is 1. The lowest BCUT2D eigenvalue weighted by molar-refractivity contribution is 0.0983. The molecule has 0 spiro atoms. The third kappa shape index (κ3) is 5.04. The molecule has 0 radical (unpaired) electrons. The number of thiazole rings is 1. The Morgan fingerprint density at radius 1 is 1.03 bits per heavy atom. The Labute approximate surface area is 186 Å². The molecular weight excluding hydrogens is 433 g/mol. The maximum absolute atomic E-state index is 13.4. The highest BCUT2D eigenvalue weighted by atomic mass is 32.1. The number of carbonyl (C=O) groups excluding carboxylic acids is 2. The summed E-state index contributed by atoms with van der Waals surface area (Å²) in [5.41, 5.74) is 2.39. The van der Waals surface area contributed by atoms with Gasteiger partial charge in [0.2, 0.25) is 0 Å². The van der Waals surface area contributed by atoms with Crippen molar-refractivity contribution in [1.82, 2.24) is 4.98 Å². The molecule has 1 N–H and O–H groups in total. The van der Waals surface area contributed by atoms with E-state index in [1.807, 2.05) is 23.8 Å². The first-order chi connectivity index (χ1) is 15.0. The number of anilines is 2. The molecule has 0 bridgehead atoms. The van der Waals surface area contributed by atoms with E-state index < -0.39 is 0 Å². The number of rotatable bonds is 6. The zero-order valence-corrected chi connectivity index (χ0v) is 18.2. The van der Waals surface area contributed by atoms with Crippen LogP contribution in [0, 0.1) is 12.7 Å². The van der Waals surface area contributed by atoms with Crippen LogP contribution in [0.1, 0.15) is 30.7 Å². The lowest BCUT2D eigenvalue weighted by Gasteiger charge is -2.22. The number of benzene rings is 2. The number of aromatic nitrogens is 1. The van der Waals surface area contributed by atoms with Gasteiger partial charge in [0, 0.05) is 22.3 Å². The van der Waals surface area contributed by atoms with Crippen LogP contribution < -0.4 is 10.2 Å². The van der Waals surface area contributed by atoms with Gasteiger partial charge in [0.15, 0.2) is 0 Å². The van der Waals surface area contributed by atoms with E-state index in [9.17, 15) is 14.0 Å². The highest BCUT2D eigenvalue weighted by Crippen LogP contribution is 2.23. The van der Waals surface area contributed by atoms with Crippen LogP contribution in [0.5, 0.6) is 0 Å². The van der Waals surface area contributed by atoms with Gasteiger partial charge in [-0.15, -0.1) is 22.7 Å². The molecule has 2 heterocycles. The summed E-state index contributed by atoms with van der Waals surface area (Å²) in [5.74, 6) is -0.805. The predicted octanol–water partition coefficient (Wildman–Crippen LogP) is 5.75. The Morgan fingerprint density at radius 2 is 1.77 bits per heavy atom. The fourth-order valence-corrected chi connectivity index (χ4v) is 4.22. The minimum atomic E-state index is -0.369. The van der Waals surface area contributed by atoms with Gasteiger partial charge in [0.25, 0.3) is 11.8 Å². The van der Waals surface area contributed by atoms with Crippen LogP contribution in [-0.2, 0) is 6.54 Å². The lowest BCUT2D eigenvalue weighted by atomic mass is 10.1. The summed E-state index contributed by atoms with van der Waals surface area (Å²) >= 11 is 2.87. The topological polar surface area (TPSA) is 62.3 Å². The maximum Gasteiger partial charge on any atom is 0.265 e. The smallest absolute Gasteiger partial charge is 0.265 e. The van der Waals surface area contributed by atoms with Crippen molar-refractivity contribution in [1.29, 1.82) is 0 Å². The van der Waals surface area contributed by atoms with Crippen molar-refractivity contribution in [3.8, 4) is 0 Å². The Hall–Kier alpha value is -3.36. The highest BCUT2D eigenvalue weighted by Gasteiger charge is 2.20. The fraction of sp³-hybridized carbons (Fsp3) is 0.0870. The molecule has 2 aromatic heterocycles. The molecule has 4 aromatic rings. The highest BCUT2D eigenvalue weighted by molar-refractivity contribution is 7.12. The van der Waals surface area contributed by atoms with Gasteiger partial charge in [-0.05, 0) is 66.9 Å². The summed E-state index contributed by atoms with van der Waals surface area (Å²) < 4.78 is 13.4. The van der Waals surface area contributed by atoms with E-state index >= 15 is 0 Å². The first-order valence-corrected chi connectivity index (χ1v) is 11.2. The summed E-state index contributed by atoms with van der Waals surface area (Å²) in [5, 5.41) is 7.47. The van der Waals surface area contributed by atoms with Crippen molar-refractivity contribution in [2.24, 2.45) is 0 Å². The molecule has 0 aliphatic heterocycles. The van der Waals surface area contributed by atoms with Crippen LogP contribution in [0.15, 0.2) is 71.4 Å². The number of nitrogens with one attached hydrogen (secondary N) is 1. The fourth-order valence-electron chi connectivity index (χ4n) is 3.00. The van der Waals surface area contributed by atoms with Crippen molar-refractivity contribution in [3.05, 3.63) is 98.4 Å². The molecule has 0 unspecified atom stereocenters. The van der Waals surface area contributed by atoms with Gasteiger partial charge < -0.3 is 10.2 Å². The van der Waals surface area contributed by atoms with Crippen LogP contribution in [0.2, 0.25) is 0 Å². The SMILES string of the molecule is Cc1nc(CN(C(=O)c2ccc(NC(=O)c3cccs3)cc2)c2ccc(F)cc2)cs1.